The molecule has 1 nitrogen and oxygen atoms in total. The van der Waals surface area contributed by atoms with Gasteiger partial charge in [-0.05, 0) is 0 Å². The summed E-state index contributed by atoms with van der Waals surface area (Å²) >= 11 is 0. The summed E-state index contributed by atoms with van der Waals surface area (Å²) in [6, 6.07) is 10.6. The van der Waals surface area contributed by atoms with Gasteiger partial charge in [0.25, 0.3) is 0 Å². The minimum absolute atomic E-state index is 0.156. The van der Waals surface area contributed by atoms with Gasteiger partial charge in [0.2, 0.25) is 0 Å². The molecule has 0 bridgehead atoms. The molecule has 1 rings (SSSR count). The number of hydrogen-bond donors (Lipinski definition) is 0. The SMILES string of the molecule is C=[P+](C)P(COC)c1ccccc1. The lowest BCUT2D eigenvalue weighted by molar-refractivity contribution is 0.257. The predicted molar refractivity (Wildman–Crippen MR) is 64.8 cm³/mol. The van der Waals surface area contributed by atoms with E-state index < -0.39 is 0 Å². The lowest BCUT2D eigenvalue weighted by atomic mass is 10.4. The van der Waals surface area contributed by atoms with Crippen LogP contribution in [0, 0.1) is 0 Å². The van der Waals surface area contributed by atoms with Gasteiger partial charge in [-0.2, -0.15) is 0 Å². The Balaban J connectivity index is 2.82. The first-order valence-corrected chi connectivity index (χ1v) is 8.32. The second kappa shape index (κ2) is 5.50. The van der Waals surface area contributed by atoms with Crippen LogP contribution in [0.15, 0.2) is 30.3 Å². The molecule has 1 aromatic carbocycles. The van der Waals surface area contributed by atoms with Crippen molar-refractivity contribution in [1.82, 2.24) is 0 Å². The molecule has 2 unspecified atom stereocenters. The van der Waals surface area contributed by atoms with E-state index in [0.717, 1.165) is 6.35 Å². The number of benzene rings is 1. The highest BCUT2D eigenvalue weighted by molar-refractivity contribution is 8.31. The molecule has 1 aromatic rings. The van der Waals surface area contributed by atoms with Crippen molar-refractivity contribution < 1.29 is 4.74 Å². The maximum atomic E-state index is 5.22. The first-order valence-electron chi connectivity index (χ1n) is 4.11. The third-order valence-corrected chi connectivity index (χ3v) is 7.45. The van der Waals surface area contributed by atoms with Crippen LogP contribution in [-0.2, 0) is 4.74 Å². The number of ether oxygens (including phenoxy) is 1. The van der Waals surface area contributed by atoms with E-state index in [1.54, 1.807) is 7.11 Å². The summed E-state index contributed by atoms with van der Waals surface area (Å²) in [4.78, 5) is 0. The van der Waals surface area contributed by atoms with E-state index in [9.17, 15) is 0 Å². The second-order valence-corrected chi connectivity index (χ2v) is 9.20. The van der Waals surface area contributed by atoms with Crippen molar-refractivity contribution in [3.8, 4) is 0 Å². The van der Waals surface area contributed by atoms with Gasteiger partial charge in [-0.1, -0.05) is 30.3 Å². The van der Waals surface area contributed by atoms with Crippen LogP contribution in [0.3, 0.4) is 0 Å². The van der Waals surface area contributed by atoms with Crippen LogP contribution in [0.4, 0.5) is 0 Å². The van der Waals surface area contributed by atoms with Crippen LogP contribution < -0.4 is 5.30 Å². The quantitative estimate of drug-likeness (QED) is 0.699. The molecule has 0 heterocycles. The molecule has 0 fully saturated rings. The predicted octanol–water partition coefficient (Wildman–Crippen LogP) is 2.86. The summed E-state index contributed by atoms with van der Waals surface area (Å²) in [5, 5.41) is 1.41. The lowest BCUT2D eigenvalue weighted by Crippen LogP contribution is -2.00. The summed E-state index contributed by atoms with van der Waals surface area (Å²) in [5.41, 5.74) is 0. The Bertz CT molecular complexity index is 272. The summed E-state index contributed by atoms with van der Waals surface area (Å²) in [7, 11) is 1.42. The van der Waals surface area contributed by atoms with Gasteiger partial charge in [0, 0.05) is 12.4 Å². The Morgan fingerprint density at radius 1 is 1.38 bits per heavy atom. The standard InChI is InChI=1S/C10H15OP2/c1-11-9-13(12(2)3)10-7-5-4-6-8-10/h4-8H,2,9H2,1,3H3/q+1. The minimum Gasteiger partial charge on any atom is -0.376 e. The molecule has 70 valence electrons. The molecule has 2 atom stereocenters. The van der Waals surface area contributed by atoms with Gasteiger partial charge in [-0.25, -0.2) is 0 Å². The Hall–Kier alpha value is -0.220. The van der Waals surface area contributed by atoms with Crippen LogP contribution in [-0.4, -0.2) is 26.4 Å². The van der Waals surface area contributed by atoms with Crippen LogP contribution >= 0.6 is 14.8 Å². The summed E-state index contributed by atoms with van der Waals surface area (Å²) < 4.78 is 5.22. The molecule has 0 saturated heterocycles. The molecule has 0 aliphatic rings. The van der Waals surface area contributed by atoms with Gasteiger partial charge in [0.1, 0.15) is 13.6 Å². The van der Waals surface area contributed by atoms with Crippen molar-refractivity contribution in [2.45, 2.75) is 0 Å². The minimum atomic E-state index is -0.183. The van der Waals surface area contributed by atoms with Crippen molar-refractivity contribution in [2.75, 3.05) is 20.1 Å². The molecular formula is C10H15OP2+. The molecule has 3 heteroatoms. The fourth-order valence-corrected chi connectivity index (χ4v) is 5.11. The monoisotopic (exact) mass is 213 g/mol. The van der Waals surface area contributed by atoms with Crippen LogP contribution in [0.5, 0.6) is 0 Å². The highest BCUT2D eigenvalue weighted by Crippen LogP contribution is 2.56. The molecule has 0 saturated carbocycles. The van der Waals surface area contributed by atoms with Gasteiger partial charge >= 0.3 is 0 Å². The van der Waals surface area contributed by atoms with Crippen molar-refractivity contribution in [1.29, 1.82) is 0 Å². The second-order valence-electron chi connectivity index (χ2n) is 2.81. The number of rotatable bonds is 4. The average Bonchev–Trinajstić information content (AvgIpc) is 2.15. The van der Waals surface area contributed by atoms with Crippen LogP contribution in [0.25, 0.3) is 0 Å². The third-order valence-electron chi connectivity index (χ3n) is 1.72. The Morgan fingerprint density at radius 3 is 2.46 bits per heavy atom. The molecular weight excluding hydrogens is 198 g/mol. The van der Waals surface area contributed by atoms with E-state index in [4.69, 9.17) is 4.74 Å². The van der Waals surface area contributed by atoms with Gasteiger partial charge < -0.3 is 4.74 Å². The fourth-order valence-electron chi connectivity index (χ4n) is 1.09. The van der Waals surface area contributed by atoms with Crippen molar-refractivity contribution in [3.05, 3.63) is 30.3 Å². The number of hydrogen-bond acceptors (Lipinski definition) is 1. The normalized spacial score (nSPS) is 13.8. The van der Waals surface area contributed by atoms with Crippen molar-refractivity contribution in [3.63, 3.8) is 0 Å². The molecule has 0 radical (unpaired) electrons. The first-order chi connectivity index (χ1) is 6.25. The third kappa shape index (κ3) is 3.19. The molecule has 0 aliphatic heterocycles. The maximum Gasteiger partial charge on any atom is 0.170 e. The molecule has 0 spiro atoms. The van der Waals surface area contributed by atoms with E-state index in [-0.39, 0.29) is 14.8 Å². The zero-order valence-electron chi connectivity index (χ0n) is 8.10. The molecule has 13 heavy (non-hydrogen) atoms. The highest BCUT2D eigenvalue weighted by Gasteiger charge is 2.21. The van der Waals surface area contributed by atoms with Gasteiger partial charge in [-0.15, -0.1) is 0 Å². The largest absolute Gasteiger partial charge is 0.376 e. The fraction of sp³-hybridized carbons (Fsp3) is 0.300. The van der Waals surface area contributed by atoms with E-state index in [1.807, 2.05) is 6.07 Å². The molecule has 0 aromatic heterocycles. The first kappa shape index (κ1) is 10.9. The highest BCUT2D eigenvalue weighted by atomic mass is 32.1. The Labute approximate surface area is 82.2 Å². The molecule has 0 amide bonds. The summed E-state index contributed by atoms with van der Waals surface area (Å²) in [6.07, 6.45) is 4.99. The van der Waals surface area contributed by atoms with E-state index in [0.29, 0.717) is 0 Å². The van der Waals surface area contributed by atoms with Gasteiger partial charge in [0.15, 0.2) is 7.61 Å². The van der Waals surface area contributed by atoms with Crippen LogP contribution in [0.2, 0.25) is 0 Å². The number of methoxy groups -OCH3 is 1. The van der Waals surface area contributed by atoms with Crippen molar-refractivity contribution in [2.24, 2.45) is 0 Å². The van der Waals surface area contributed by atoms with Gasteiger partial charge in [0.05, 0.1) is 13.0 Å². The lowest BCUT2D eigenvalue weighted by Gasteiger charge is -2.07. The van der Waals surface area contributed by atoms with Crippen LogP contribution in [0.1, 0.15) is 0 Å². The van der Waals surface area contributed by atoms with E-state index >= 15 is 0 Å². The topological polar surface area (TPSA) is 9.23 Å². The zero-order valence-corrected chi connectivity index (χ0v) is 9.89. The smallest absolute Gasteiger partial charge is 0.170 e. The zero-order chi connectivity index (χ0) is 9.68. The van der Waals surface area contributed by atoms with Gasteiger partial charge in [-0.3, -0.25) is 0 Å². The maximum absolute atomic E-state index is 5.22. The van der Waals surface area contributed by atoms with E-state index in [1.165, 1.54) is 5.30 Å². The summed E-state index contributed by atoms with van der Waals surface area (Å²) in [5.74, 6) is 0. The molecule has 0 aliphatic carbocycles. The van der Waals surface area contributed by atoms with E-state index in [2.05, 4.69) is 37.2 Å². The van der Waals surface area contributed by atoms with Crippen molar-refractivity contribution >= 4 is 26.4 Å². The molecule has 0 N–H and O–H groups in total. The average molecular weight is 213 g/mol. The Morgan fingerprint density at radius 2 is 2.00 bits per heavy atom. The summed E-state index contributed by atoms with van der Waals surface area (Å²) in [6.45, 7) is 2.22. The Kier molecular flexibility index (Phi) is 4.59.